The van der Waals surface area contributed by atoms with Gasteiger partial charge in [0.05, 0.1) is 29.0 Å². The molecule has 0 spiro atoms. The minimum Gasteiger partial charge on any atom is -0.392 e. The van der Waals surface area contributed by atoms with Gasteiger partial charge in [0.2, 0.25) is 5.91 Å². The van der Waals surface area contributed by atoms with Crippen molar-refractivity contribution in [1.29, 1.82) is 0 Å². The molecule has 2 aliphatic heterocycles. The number of rotatable bonds is 10. The molecule has 4 aromatic carbocycles. The number of hydrogen-bond acceptors (Lipinski definition) is 8. The van der Waals surface area contributed by atoms with Gasteiger partial charge in [-0.1, -0.05) is 91.5 Å². The standard InChI is InChI=1S/C40H38F3N3O5S2/c1-24-33(23-52-39-45-31-11-2-3-13-34(31)53-39)50-37(51-35(24)27-16-14-25(22-47)15-17-27)30-10-5-9-29(20-30)28-8-4-7-26(19-28)21-44-36(48)32-12-6-18-46(32)38(49)40(41,42)43/h2-5,7-11,13-17,19-20,24,32-33,35,37,47H,6,12,18,21-23H2,1H3,(H,44,48)/t24-,32+,33+,35+,37+/m1/s1. The van der Waals surface area contributed by atoms with Gasteiger partial charge in [-0.2, -0.15) is 13.2 Å². The molecule has 5 aromatic rings. The quantitative estimate of drug-likeness (QED) is 0.139. The second-order valence-electron chi connectivity index (χ2n) is 13.3. The van der Waals surface area contributed by atoms with E-state index < -0.39 is 30.3 Å². The molecule has 0 unspecified atom stereocenters. The highest BCUT2D eigenvalue weighted by Crippen LogP contribution is 2.44. The van der Waals surface area contributed by atoms with Crippen LogP contribution in [0.3, 0.4) is 0 Å². The third-order valence-corrected chi connectivity index (χ3v) is 12.0. The number of carbonyl (C=O) groups excluding carboxylic acids is 2. The van der Waals surface area contributed by atoms with Crippen LogP contribution in [0.2, 0.25) is 0 Å². The molecule has 0 radical (unpaired) electrons. The van der Waals surface area contributed by atoms with Gasteiger partial charge >= 0.3 is 12.1 Å². The van der Waals surface area contributed by atoms with Gasteiger partial charge in [-0.05, 0) is 64.9 Å². The first-order chi connectivity index (χ1) is 25.6. The van der Waals surface area contributed by atoms with Crippen LogP contribution < -0.4 is 5.32 Å². The van der Waals surface area contributed by atoms with Crippen LogP contribution in [0.1, 0.15) is 54.4 Å². The van der Waals surface area contributed by atoms with Crippen molar-refractivity contribution in [2.75, 3.05) is 12.3 Å². The Labute approximate surface area is 313 Å². The summed E-state index contributed by atoms with van der Waals surface area (Å²) in [4.78, 5) is 30.2. The van der Waals surface area contributed by atoms with Crippen LogP contribution in [0.15, 0.2) is 101 Å². The molecule has 2 aliphatic rings. The number of benzene rings is 4. The third kappa shape index (κ3) is 8.44. The first kappa shape index (κ1) is 37.1. The van der Waals surface area contributed by atoms with Crippen LogP contribution in [0.25, 0.3) is 21.3 Å². The Bertz CT molecular complexity index is 2040. The molecule has 2 N–H and O–H groups in total. The van der Waals surface area contributed by atoms with Crippen LogP contribution in [0.4, 0.5) is 13.2 Å². The van der Waals surface area contributed by atoms with E-state index >= 15 is 0 Å². The van der Waals surface area contributed by atoms with Gasteiger partial charge in [0.1, 0.15) is 6.04 Å². The van der Waals surface area contributed by atoms with Crippen molar-refractivity contribution < 1.29 is 37.3 Å². The van der Waals surface area contributed by atoms with Crippen molar-refractivity contribution in [2.24, 2.45) is 5.92 Å². The smallest absolute Gasteiger partial charge is 0.392 e. The van der Waals surface area contributed by atoms with Crippen molar-refractivity contribution in [3.8, 4) is 11.1 Å². The summed E-state index contributed by atoms with van der Waals surface area (Å²) in [6, 6.07) is 30.2. The third-order valence-electron chi connectivity index (χ3n) is 9.71. The molecular formula is C40H38F3N3O5S2. The summed E-state index contributed by atoms with van der Waals surface area (Å²) < 4.78 is 54.8. The molecule has 0 aliphatic carbocycles. The average molecular weight is 762 g/mol. The predicted octanol–water partition coefficient (Wildman–Crippen LogP) is 8.21. The number of fused-ring (bicyclic) bond motifs is 1. The maximum Gasteiger partial charge on any atom is 0.471 e. The zero-order valence-electron chi connectivity index (χ0n) is 28.8. The monoisotopic (exact) mass is 761 g/mol. The number of thioether (sulfide) groups is 1. The first-order valence-electron chi connectivity index (χ1n) is 17.4. The molecule has 276 valence electrons. The highest BCUT2D eigenvalue weighted by molar-refractivity contribution is 8.01. The van der Waals surface area contributed by atoms with E-state index in [2.05, 4.69) is 18.3 Å². The Morgan fingerprint density at radius 3 is 2.45 bits per heavy atom. The topological polar surface area (TPSA) is 101 Å². The number of aromatic nitrogens is 1. The zero-order chi connectivity index (χ0) is 37.1. The molecule has 0 saturated carbocycles. The van der Waals surface area contributed by atoms with Gasteiger partial charge in [-0.25, -0.2) is 4.98 Å². The number of thiazole rings is 1. The van der Waals surface area contributed by atoms with Crippen molar-refractivity contribution >= 4 is 45.1 Å². The number of carbonyl (C=O) groups is 2. The summed E-state index contributed by atoms with van der Waals surface area (Å²) in [5.74, 6) is -1.92. The van der Waals surface area contributed by atoms with E-state index in [0.717, 1.165) is 47.9 Å². The number of likely N-dealkylation sites (tertiary alicyclic amines) is 1. The van der Waals surface area contributed by atoms with E-state index in [9.17, 15) is 27.9 Å². The lowest BCUT2D eigenvalue weighted by Crippen LogP contribution is -2.50. The normalized spacial score (nSPS) is 21.9. The summed E-state index contributed by atoms with van der Waals surface area (Å²) in [5.41, 5.74) is 6.13. The van der Waals surface area contributed by atoms with E-state index in [-0.39, 0.29) is 44.2 Å². The summed E-state index contributed by atoms with van der Waals surface area (Å²) in [6.45, 7) is 2.07. The maximum atomic E-state index is 13.1. The average Bonchev–Trinajstić information content (AvgIpc) is 3.84. The number of nitrogens with one attached hydrogen (secondary N) is 1. The molecule has 0 bridgehead atoms. The SMILES string of the molecule is C[C@@H]1[C@H](CSc2nc3ccccc3s2)O[C@H](c2cccc(-c3cccc(CNC(=O)[C@@H]4CCCN4C(=O)C(F)(F)F)c3)c2)O[C@@H]1c1ccc(CO)cc1. The summed E-state index contributed by atoms with van der Waals surface area (Å²) in [5, 5.41) is 12.3. The van der Waals surface area contributed by atoms with Gasteiger partial charge in [0.25, 0.3) is 0 Å². The predicted molar refractivity (Wildman–Crippen MR) is 198 cm³/mol. The Balaban J connectivity index is 1.08. The first-order valence-corrected chi connectivity index (χ1v) is 19.2. The fourth-order valence-corrected chi connectivity index (χ4v) is 9.11. The van der Waals surface area contributed by atoms with E-state index in [4.69, 9.17) is 14.5 Å². The molecular weight excluding hydrogens is 724 g/mol. The number of nitrogens with zero attached hydrogens (tertiary/aromatic N) is 2. The maximum absolute atomic E-state index is 13.1. The van der Waals surface area contributed by atoms with E-state index in [1.807, 2.05) is 91.0 Å². The van der Waals surface area contributed by atoms with Gasteiger partial charge in [-0.15, -0.1) is 11.3 Å². The molecule has 2 amide bonds. The molecule has 8 nitrogen and oxygen atoms in total. The molecule has 2 saturated heterocycles. The summed E-state index contributed by atoms with van der Waals surface area (Å²) in [6.07, 6.45) is -5.64. The Kier molecular flexibility index (Phi) is 11.2. The number of amides is 2. The second kappa shape index (κ2) is 16.0. The van der Waals surface area contributed by atoms with Gasteiger partial charge in [-0.3, -0.25) is 9.59 Å². The summed E-state index contributed by atoms with van der Waals surface area (Å²) in [7, 11) is 0. The van der Waals surface area contributed by atoms with Gasteiger partial charge in [0, 0.05) is 30.3 Å². The zero-order valence-corrected chi connectivity index (χ0v) is 30.4. The highest BCUT2D eigenvalue weighted by atomic mass is 32.2. The lowest BCUT2D eigenvalue weighted by Gasteiger charge is -2.41. The molecule has 2 fully saturated rings. The highest BCUT2D eigenvalue weighted by Gasteiger charge is 2.47. The fourth-order valence-electron chi connectivity index (χ4n) is 6.85. The van der Waals surface area contributed by atoms with Crippen molar-refractivity contribution in [1.82, 2.24) is 15.2 Å². The lowest BCUT2D eigenvalue weighted by molar-refractivity contribution is -0.268. The molecule has 53 heavy (non-hydrogen) atoms. The Morgan fingerprint density at radius 1 is 0.943 bits per heavy atom. The number of alkyl halides is 3. The minimum atomic E-state index is -5.03. The van der Waals surface area contributed by atoms with Crippen LogP contribution in [-0.2, 0) is 32.2 Å². The number of ether oxygens (including phenoxy) is 2. The number of aliphatic hydroxyl groups is 1. The number of para-hydroxylation sites is 1. The molecule has 5 atom stereocenters. The number of hydrogen-bond donors (Lipinski definition) is 2. The van der Waals surface area contributed by atoms with Crippen molar-refractivity contribution in [2.45, 2.75) is 68.0 Å². The number of halogens is 3. The molecule has 1 aromatic heterocycles. The molecule has 3 heterocycles. The Hall–Kier alpha value is -4.27. The Morgan fingerprint density at radius 2 is 1.70 bits per heavy atom. The summed E-state index contributed by atoms with van der Waals surface area (Å²) >= 11 is 3.33. The lowest BCUT2D eigenvalue weighted by atomic mass is 9.91. The van der Waals surface area contributed by atoms with Crippen LogP contribution in [0, 0.1) is 5.92 Å². The van der Waals surface area contributed by atoms with E-state index in [1.165, 1.54) is 0 Å². The van der Waals surface area contributed by atoms with Gasteiger partial charge in [0.15, 0.2) is 10.6 Å². The van der Waals surface area contributed by atoms with E-state index in [0.29, 0.717) is 17.1 Å². The van der Waals surface area contributed by atoms with Crippen LogP contribution in [0.5, 0.6) is 0 Å². The minimum absolute atomic E-state index is 0.00562. The van der Waals surface area contributed by atoms with Crippen LogP contribution in [-0.4, -0.2) is 57.4 Å². The molecule has 13 heteroatoms. The van der Waals surface area contributed by atoms with Crippen molar-refractivity contribution in [3.05, 3.63) is 119 Å². The second-order valence-corrected chi connectivity index (χ2v) is 15.6. The largest absolute Gasteiger partial charge is 0.471 e. The van der Waals surface area contributed by atoms with E-state index in [1.54, 1.807) is 23.1 Å². The fraction of sp³-hybridized carbons (Fsp3) is 0.325. The van der Waals surface area contributed by atoms with Crippen LogP contribution >= 0.6 is 23.1 Å². The number of aliphatic hydroxyl groups excluding tert-OH is 1. The molecule has 7 rings (SSSR count). The van der Waals surface area contributed by atoms with Crippen molar-refractivity contribution in [3.63, 3.8) is 0 Å². The van der Waals surface area contributed by atoms with Gasteiger partial charge < -0.3 is 24.8 Å².